The molecular weight excluding hydrogens is 236 g/mol. The molecule has 1 heterocycles. The third-order valence-corrected chi connectivity index (χ3v) is 3.15. The number of hydrogen-bond donors (Lipinski definition) is 2. The fraction of sp³-hybridized carbons (Fsp3) is 0.750. The number of hydrogen-bond acceptors (Lipinski definition) is 3. The van der Waals surface area contributed by atoms with E-state index in [0.717, 1.165) is 0 Å². The summed E-state index contributed by atoms with van der Waals surface area (Å²) in [5.74, 6) is -1.32. The van der Waals surface area contributed by atoms with E-state index in [1.807, 2.05) is 6.92 Å². The molecule has 2 amide bonds. The quantitative estimate of drug-likeness (QED) is 0.712. The van der Waals surface area contributed by atoms with Gasteiger partial charge in [0.05, 0.1) is 5.92 Å². The van der Waals surface area contributed by atoms with Crippen LogP contribution in [0.2, 0.25) is 0 Å². The average Bonchev–Trinajstić information content (AvgIpc) is 2.68. The molecular formula is C12H20N2O4. The molecule has 2 N–H and O–H groups in total. The topological polar surface area (TPSA) is 86.7 Å². The van der Waals surface area contributed by atoms with E-state index in [1.54, 1.807) is 11.8 Å². The van der Waals surface area contributed by atoms with Crippen molar-refractivity contribution in [2.24, 2.45) is 5.92 Å². The number of likely N-dealkylation sites (tertiary alicyclic amines) is 1. The lowest BCUT2D eigenvalue weighted by Crippen LogP contribution is -2.38. The summed E-state index contributed by atoms with van der Waals surface area (Å²) in [6.45, 7) is 4.74. The zero-order valence-corrected chi connectivity index (χ0v) is 10.8. The van der Waals surface area contributed by atoms with Gasteiger partial charge in [-0.2, -0.15) is 0 Å². The molecule has 1 aliphatic heterocycles. The molecule has 0 spiro atoms. The number of rotatable bonds is 6. The summed E-state index contributed by atoms with van der Waals surface area (Å²) in [7, 11) is 0. The van der Waals surface area contributed by atoms with Gasteiger partial charge >= 0.3 is 5.97 Å². The van der Waals surface area contributed by atoms with Crippen molar-refractivity contribution in [3.05, 3.63) is 0 Å². The number of carboxylic acids is 1. The maximum absolute atomic E-state index is 11.9. The SMILES string of the molecule is CCN1CC(C(=O)NC(C)CCC(=O)O)CC1=O. The van der Waals surface area contributed by atoms with Crippen LogP contribution in [-0.4, -0.2) is 46.9 Å². The van der Waals surface area contributed by atoms with E-state index < -0.39 is 5.97 Å². The lowest BCUT2D eigenvalue weighted by molar-refractivity contribution is -0.137. The largest absolute Gasteiger partial charge is 0.481 e. The van der Waals surface area contributed by atoms with Gasteiger partial charge in [-0.25, -0.2) is 0 Å². The summed E-state index contributed by atoms with van der Waals surface area (Å²) in [5, 5.41) is 11.3. The van der Waals surface area contributed by atoms with Gasteiger partial charge in [-0.3, -0.25) is 14.4 Å². The van der Waals surface area contributed by atoms with Crippen LogP contribution in [0.15, 0.2) is 0 Å². The van der Waals surface area contributed by atoms with Crippen LogP contribution in [0.3, 0.4) is 0 Å². The van der Waals surface area contributed by atoms with Gasteiger partial charge < -0.3 is 15.3 Å². The molecule has 18 heavy (non-hydrogen) atoms. The lowest BCUT2D eigenvalue weighted by atomic mass is 10.1. The minimum atomic E-state index is -0.871. The van der Waals surface area contributed by atoms with Gasteiger partial charge in [0.15, 0.2) is 0 Å². The lowest BCUT2D eigenvalue weighted by Gasteiger charge is -2.17. The van der Waals surface area contributed by atoms with Crippen LogP contribution in [-0.2, 0) is 14.4 Å². The predicted molar refractivity (Wildman–Crippen MR) is 64.8 cm³/mol. The highest BCUT2D eigenvalue weighted by Gasteiger charge is 2.33. The number of amides is 2. The average molecular weight is 256 g/mol. The molecule has 0 aliphatic carbocycles. The molecule has 0 aromatic heterocycles. The molecule has 0 aromatic rings. The van der Waals surface area contributed by atoms with Crippen molar-refractivity contribution in [3.63, 3.8) is 0 Å². The molecule has 0 radical (unpaired) electrons. The Hall–Kier alpha value is -1.59. The van der Waals surface area contributed by atoms with Crippen molar-refractivity contribution in [3.8, 4) is 0 Å². The Labute approximate surface area is 106 Å². The molecule has 102 valence electrons. The molecule has 6 heteroatoms. The molecule has 1 aliphatic rings. The fourth-order valence-corrected chi connectivity index (χ4v) is 2.03. The second-order valence-electron chi connectivity index (χ2n) is 4.68. The van der Waals surface area contributed by atoms with Crippen LogP contribution in [0.25, 0.3) is 0 Å². The van der Waals surface area contributed by atoms with Gasteiger partial charge in [0, 0.05) is 32.0 Å². The molecule has 1 fully saturated rings. The van der Waals surface area contributed by atoms with Crippen molar-refractivity contribution >= 4 is 17.8 Å². The first-order chi connectivity index (χ1) is 8.43. The van der Waals surface area contributed by atoms with E-state index in [9.17, 15) is 14.4 Å². The van der Waals surface area contributed by atoms with Crippen LogP contribution in [0.5, 0.6) is 0 Å². The van der Waals surface area contributed by atoms with Crippen LogP contribution < -0.4 is 5.32 Å². The maximum Gasteiger partial charge on any atom is 0.303 e. The molecule has 0 aromatic carbocycles. The minimum absolute atomic E-state index is 0.0100. The fourth-order valence-electron chi connectivity index (χ4n) is 2.03. The van der Waals surface area contributed by atoms with E-state index in [-0.39, 0.29) is 36.6 Å². The standard InChI is InChI=1S/C12H20N2O4/c1-3-14-7-9(6-10(14)15)12(18)13-8(2)4-5-11(16)17/h8-9H,3-7H2,1-2H3,(H,13,18)(H,16,17). The van der Waals surface area contributed by atoms with Gasteiger partial charge in [0.2, 0.25) is 11.8 Å². The summed E-state index contributed by atoms with van der Waals surface area (Å²) in [4.78, 5) is 35.4. The first kappa shape index (κ1) is 14.5. The molecule has 6 nitrogen and oxygen atoms in total. The Morgan fingerprint density at radius 3 is 2.72 bits per heavy atom. The Bertz CT molecular complexity index is 343. The number of carbonyl (C=O) groups excluding carboxylic acids is 2. The van der Waals surface area contributed by atoms with E-state index in [2.05, 4.69) is 5.32 Å². The molecule has 1 rings (SSSR count). The smallest absolute Gasteiger partial charge is 0.303 e. The molecule has 2 unspecified atom stereocenters. The van der Waals surface area contributed by atoms with Gasteiger partial charge in [-0.05, 0) is 20.3 Å². The summed E-state index contributed by atoms with van der Waals surface area (Å²) in [6, 6.07) is -0.181. The van der Waals surface area contributed by atoms with Crippen molar-refractivity contribution in [1.82, 2.24) is 10.2 Å². The third-order valence-electron chi connectivity index (χ3n) is 3.15. The third kappa shape index (κ3) is 4.01. The number of carbonyl (C=O) groups is 3. The number of nitrogens with one attached hydrogen (secondary N) is 1. The van der Waals surface area contributed by atoms with Crippen molar-refractivity contribution in [2.75, 3.05) is 13.1 Å². The van der Waals surface area contributed by atoms with Crippen LogP contribution in [0.4, 0.5) is 0 Å². The monoisotopic (exact) mass is 256 g/mol. The van der Waals surface area contributed by atoms with E-state index in [4.69, 9.17) is 5.11 Å². The van der Waals surface area contributed by atoms with E-state index >= 15 is 0 Å². The summed E-state index contributed by atoms with van der Waals surface area (Å²) in [6.07, 6.45) is 0.691. The maximum atomic E-state index is 11.9. The highest BCUT2D eigenvalue weighted by atomic mass is 16.4. The van der Waals surface area contributed by atoms with Crippen molar-refractivity contribution in [2.45, 2.75) is 39.2 Å². The highest BCUT2D eigenvalue weighted by Crippen LogP contribution is 2.17. The number of aliphatic carboxylic acids is 1. The molecule has 0 saturated carbocycles. The molecule has 1 saturated heterocycles. The van der Waals surface area contributed by atoms with Gasteiger partial charge in [-0.1, -0.05) is 0 Å². The van der Waals surface area contributed by atoms with Gasteiger partial charge in [0.1, 0.15) is 0 Å². The van der Waals surface area contributed by atoms with Crippen LogP contribution >= 0.6 is 0 Å². The highest BCUT2D eigenvalue weighted by molar-refractivity contribution is 5.89. The van der Waals surface area contributed by atoms with Crippen LogP contribution in [0.1, 0.15) is 33.1 Å². The van der Waals surface area contributed by atoms with Crippen LogP contribution in [0, 0.1) is 5.92 Å². The predicted octanol–water partition coefficient (Wildman–Crippen LogP) is 0.224. The Morgan fingerprint density at radius 2 is 2.22 bits per heavy atom. The van der Waals surface area contributed by atoms with Crippen molar-refractivity contribution in [1.29, 1.82) is 0 Å². The first-order valence-electron chi connectivity index (χ1n) is 6.24. The normalized spacial score (nSPS) is 20.9. The van der Waals surface area contributed by atoms with E-state index in [1.165, 1.54) is 0 Å². The zero-order chi connectivity index (χ0) is 13.7. The molecule has 2 atom stereocenters. The Balaban J connectivity index is 2.37. The summed E-state index contributed by atoms with van der Waals surface area (Å²) < 4.78 is 0. The van der Waals surface area contributed by atoms with Gasteiger partial charge in [-0.15, -0.1) is 0 Å². The summed E-state index contributed by atoms with van der Waals surface area (Å²) >= 11 is 0. The number of carboxylic acid groups (broad SMARTS) is 1. The second-order valence-corrected chi connectivity index (χ2v) is 4.68. The minimum Gasteiger partial charge on any atom is -0.481 e. The Morgan fingerprint density at radius 1 is 1.56 bits per heavy atom. The summed E-state index contributed by atoms with van der Waals surface area (Å²) in [5.41, 5.74) is 0. The second kappa shape index (κ2) is 6.37. The first-order valence-corrected chi connectivity index (χ1v) is 6.24. The Kier molecular flexibility index (Phi) is 5.12. The van der Waals surface area contributed by atoms with Crippen molar-refractivity contribution < 1.29 is 19.5 Å². The molecule has 0 bridgehead atoms. The number of nitrogens with zero attached hydrogens (tertiary/aromatic N) is 1. The van der Waals surface area contributed by atoms with E-state index in [0.29, 0.717) is 19.5 Å². The zero-order valence-electron chi connectivity index (χ0n) is 10.8. The van der Waals surface area contributed by atoms with Gasteiger partial charge in [0.25, 0.3) is 0 Å².